The number of amides is 4. The first-order valence-electron chi connectivity index (χ1n) is 12.8. The molecule has 1 fully saturated rings. The lowest BCUT2D eigenvalue weighted by Gasteiger charge is -2.15. The Kier molecular flexibility index (Phi) is 9.07. The SMILES string of the molecule is O=C(Nc1ccc(SC2CC(=O)N(c3ccccc3)C2=O)cc1)/C(=C/c1c(Cl)cccc1Cl)NC(=O)c1ccccc1. The molecule has 1 unspecified atom stereocenters. The van der Waals surface area contributed by atoms with Gasteiger partial charge in [0.2, 0.25) is 11.8 Å². The summed E-state index contributed by atoms with van der Waals surface area (Å²) in [5, 5.41) is 5.51. The van der Waals surface area contributed by atoms with E-state index in [0.717, 1.165) is 4.90 Å². The van der Waals surface area contributed by atoms with Gasteiger partial charge in [-0.25, -0.2) is 4.90 Å². The molecule has 0 spiro atoms. The molecule has 2 N–H and O–H groups in total. The van der Waals surface area contributed by atoms with Gasteiger partial charge in [-0.15, -0.1) is 11.8 Å². The lowest BCUT2D eigenvalue weighted by Crippen LogP contribution is -2.31. The number of nitrogens with zero attached hydrogens (tertiary/aromatic N) is 1. The van der Waals surface area contributed by atoms with Crippen LogP contribution in [0.5, 0.6) is 0 Å². The van der Waals surface area contributed by atoms with Crippen LogP contribution in [0.25, 0.3) is 6.08 Å². The van der Waals surface area contributed by atoms with Crippen molar-refractivity contribution in [3.63, 3.8) is 0 Å². The second-order valence-corrected chi connectivity index (χ2v) is 11.3. The van der Waals surface area contributed by atoms with Gasteiger partial charge in [0.15, 0.2) is 0 Å². The third kappa shape index (κ3) is 6.74. The second-order valence-electron chi connectivity index (χ2n) is 9.21. The van der Waals surface area contributed by atoms with Crippen LogP contribution in [0.4, 0.5) is 11.4 Å². The molecule has 1 aliphatic rings. The molecule has 0 aliphatic carbocycles. The molecular weight excluding hydrogens is 593 g/mol. The summed E-state index contributed by atoms with van der Waals surface area (Å²) in [4.78, 5) is 53.7. The number of carbonyl (C=O) groups is 4. The van der Waals surface area contributed by atoms with E-state index in [2.05, 4.69) is 10.6 Å². The number of rotatable bonds is 8. The summed E-state index contributed by atoms with van der Waals surface area (Å²) in [5.74, 6) is -1.59. The summed E-state index contributed by atoms with van der Waals surface area (Å²) < 4.78 is 0. The minimum absolute atomic E-state index is 0.0617. The highest BCUT2D eigenvalue weighted by Crippen LogP contribution is 2.34. The molecule has 10 heteroatoms. The molecule has 7 nitrogen and oxygen atoms in total. The molecule has 5 rings (SSSR count). The van der Waals surface area contributed by atoms with Gasteiger partial charge in [0.25, 0.3) is 11.8 Å². The van der Waals surface area contributed by atoms with Crippen molar-refractivity contribution in [3.8, 4) is 0 Å². The van der Waals surface area contributed by atoms with Crippen molar-refractivity contribution in [3.05, 3.63) is 130 Å². The van der Waals surface area contributed by atoms with Crippen molar-refractivity contribution >= 4 is 76.0 Å². The van der Waals surface area contributed by atoms with Gasteiger partial charge in [0.1, 0.15) is 5.70 Å². The Hall–Kier alpha value is -4.37. The van der Waals surface area contributed by atoms with E-state index >= 15 is 0 Å². The normalized spacial score (nSPS) is 15.0. The summed E-state index contributed by atoms with van der Waals surface area (Å²) in [6, 6.07) is 29.1. The maximum absolute atomic E-state index is 13.3. The Morgan fingerprint density at radius 2 is 1.43 bits per heavy atom. The van der Waals surface area contributed by atoms with Crippen LogP contribution in [-0.4, -0.2) is 28.9 Å². The van der Waals surface area contributed by atoms with Gasteiger partial charge in [-0.05, 0) is 66.7 Å². The Morgan fingerprint density at radius 3 is 2.07 bits per heavy atom. The van der Waals surface area contributed by atoms with Gasteiger partial charge >= 0.3 is 0 Å². The average molecular weight is 617 g/mol. The van der Waals surface area contributed by atoms with Crippen LogP contribution in [-0.2, 0) is 14.4 Å². The van der Waals surface area contributed by atoms with Gasteiger partial charge < -0.3 is 10.6 Å². The third-order valence-corrected chi connectivity index (χ3v) is 8.18. The smallest absolute Gasteiger partial charge is 0.272 e. The zero-order chi connectivity index (χ0) is 29.6. The average Bonchev–Trinajstić information content (AvgIpc) is 3.28. The van der Waals surface area contributed by atoms with Crippen LogP contribution in [0.2, 0.25) is 10.0 Å². The molecule has 4 aromatic rings. The van der Waals surface area contributed by atoms with Crippen LogP contribution in [0.3, 0.4) is 0 Å². The van der Waals surface area contributed by atoms with Crippen LogP contribution >= 0.6 is 35.0 Å². The number of benzene rings is 4. The largest absolute Gasteiger partial charge is 0.321 e. The van der Waals surface area contributed by atoms with Crippen LogP contribution in [0.1, 0.15) is 22.3 Å². The van der Waals surface area contributed by atoms with Crippen molar-refractivity contribution in [2.75, 3.05) is 10.2 Å². The maximum Gasteiger partial charge on any atom is 0.272 e. The Bertz CT molecular complexity index is 1660. The van der Waals surface area contributed by atoms with Gasteiger partial charge in [-0.1, -0.05) is 65.7 Å². The lowest BCUT2D eigenvalue weighted by atomic mass is 10.1. The fourth-order valence-corrected chi connectivity index (χ4v) is 5.82. The van der Waals surface area contributed by atoms with Crippen molar-refractivity contribution < 1.29 is 19.2 Å². The summed E-state index contributed by atoms with van der Waals surface area (Å²) in [6.45, 7) is 0. The first-order chi connectivity index (χ1) is 20.3. The number of halogens is 2. The predicted octanol–water partition coefficient (Wildman–Crippen LogP) is 6.83. The quantitative estimate of drug-likeness (QED) is 0.167. The van der Waals surface area contributed by atoms with Gasteiger partial charge in [0, 0.05) is 38.2 Å². The molecule has 0 radical (unpaired) electrons. The van der Waals surface area contributed by atoms with Crippen LogP contribution < -0.4 is 15.5 Å². The molecular formula is C32H23Cl2N3O4S. The van der Waals surface area contributed by atoms with E-state index in [9.17, 15) is 19.2 Å². The highest BCUT2D eigenvalue weighted by Gasteiger charge is 2.40. The van der Waals surface area contributed by atoms with Gasteiger partial charge in [0.05, 0.1) is 10.9 Å². The van der Waals surface area contributed by atoms with E-state index in [1.54, 1.807) is 97.1 Å². The molecule has 4 aromatic carbocycles. The molecule has 42 heavy (non-hydrogen) atoms. The predicted molar refractivity (Wildman–Crippen MR) is 167 cm³/mol. The Balaban J connectivity index is 1.31. The number of carbonyl (C=O) groups excluding carboxylic acids is 4. The molecule has 1 heterocycles. The molecule has 4 amide bonds. The highest BCUT2D eigenvalue weighted by molar-refractivity contribution is 8.00. The molecule has 0 bridgehead atoms. The molecule has 0 aromatic heterocycles. The summed E-state index contributed by atoms with van der Waals surface area (Å²) >= 11 is 13.9. The number of imide groups is 1. The fourth-order valence-electron chi connectivity index (χ4n) is 4.26. The maximum atomic E-state index is 13.3. The lowest BCUT2D eigenvalue weighted by molar-refractivity contribution is -0.121. The van der Waals surface area contributed by atoms with E-state index in [-0.39, 0.29) is 23.9 Å². The first kappa shape index (κ1) is 29.1. The molecule has 0 saturated carbocycles. The van der Waals surface area contributed by atoms with E-state index in [4.69, 9.17) is 23.2 Å². The zero-order valence-electron chi connectivity index (χ0n) is 21.9. The monoisotopic (exact) mass is 615 g/mol. The molecule has 210 valence electrons. The summed E-state index contributed by atoms with van der Waals surface area (Å²) in [7, 11) is 0. The Labute approximate surface area is 256 Å². The van der Waals surface area contributed by atoms with E-state index < -0.39 is 17.1 Å². The molecule has 1 aliphatic heterocycles. The number of para-hydroxylation sites is 1. The van der Waals surface area contributed by atoms with Crippen LogP contribution in [0.15, 0.2) is 114 Å². The molecule has 1 atom stereocenters. The minimum atomic E-state index is -0.592. The zero-order valence-corrected chi connectivity index (χ0v) is 24.2. The second kappa shape index (κ2) is 13.1. The fraction of sp³-hybridized carbons (Fsp3) is 0.0625. The van der Waals surface area contributed by atoms with E-state index in [0.29, 0.717) is 32.5 Å². The van der Waals surface area contributed by atoms with Gasteiger partial charge in [-0.3, -0.25) is 19.2 Å². The number of hydrogen-bond donors (Lipinski definition) is 2. The topological polar surface area (TPSA) is 95.6 Å². The highest BCUT2D eigenvalue weighted by atomic mass is 35.5. The van der Waals surface area contributed by atoms with Crippen molar-refractivity contribution in [1.82, 2.24) is 5.32 Å². The van der Waals surface area contributed by atoms with E-state index in [1.807, 2.05) is 6.07 Å². The van der Waals surface area contributed by atoms with E-state index in [1.165, 1.54) is 22.7 Å². The number of hydrogen-bond acceptors (Lipinski definition) is 5. The van der Waals surface area contributed by atoms with Crippen molar-refractivity contribution in [2.24, 2.45) is 0 Å². The number of anilines is 2. The standard InChI is InChI=1S/C32H23Cl2N3O4S/c33-25-12-7-13-26(34)24(25)18-27(36-30(39)20-8-3-1-4-9-20)31(40)35-21-14-16-23(17-15-21)42-28-19-29(38)37(32(28)41)22-10-5-2-6-11-22/h1-18,28H,19H2,(H,35,40)(H,36,39)/b27-18-. The summed E-state index contributed by atoms with van der Waals surface area (Å²) in [6.07, 6.45) is 1.52. The van der Waals surface area contributed by atoms with Gasteiger partial charge in [-0.2, -0.15) is 0 Å². The number of nitrogens with one attached hydrogen (secondary N) is 2. The third-order valence-electron chi connectivity index (χ3n) is 6.33. The minimum Gasteiger partial charge on any atom is -0.321 e. The number of thioether (sulfide) groups is 1. The Morgan fingerprint density at radius 1 is 0.810 bits per heavy atom. The molecule has 1 saturated heterocycles. The summed E-state index contributed by atoms with van der Waals surface area (Å²) in [5.41, 5.74) is 1.69. The van der Waals surface area contributed by atoms with Crippen LogP contribution in [0, 0.1) is 0 Å². The van der Waals surface area contributed by atoms with Crippen molar-refractivity contribution in [2.45, 2.75) is 16.6 Å². The first-order valence-corrected chi connectivity index (χ1v) is 14.5. The van der Waals surface area contributed by atoms with Crippen molar-refractivity contribution in [1.29, 1.82) is 0 Å².